The van der Waals surface area contributed by atoms with Gasteiger partial charge in [0.15, 0.2) is 17.4 Å². The third-order valence-corrected chi connectivity index (χ3v) is 6.39. The van der Waals surface area contributed by atoms with E-state index >= 15 is 0 Å². The maximum Gasteiger partial charge on any atom is 0.320 e. The second kappa shape index (κ2) is 9.94. The molecule has 3 rings (SSSR count). The number of methoxy groups -OCH3 is 5. The Morgan fingerprint density at radius 3 is 1.97 bits per heavy atom. The molecular weight excluding hydrogens is 412 g/mol. The van der Waals surface area contributed by atoms with Gasteiger partial charge in [-0.1, -0.05) is 37.3 Å². The van der Waals surface area contributed by atoms with Crippen LogP contribution in [0.1, 0.15) is 41.9 Å². The molecule has 2 aromatic carbocycles. The van der Waals surface area contributed by atoms with Gasteiger partial charge in [0.1, 0.15) is 0 Å². The maximum atomic E-state index is 12.4. The molecule has 0 saturated carbocycles. The summed E-state index contributed by atoms with van der Waals surface area (Å²) in [4.78, 5) is 24.8. The lowest BCUT2D eigenvalue weighted by Gasteiger charge is -2.24. The molecule has 0 spiro atoms. The van der Waals surface area contributed by atoms with Crippen LogP contribution in [0, 0.1) is 11.8 Å². The first-order valence-corrected chi connectivity index (χ1v) is 10.5. The van der Waals surface area contributed by atoms with Crippen molar-refractivity contribution >= 4 is 11.9 Å². The predicted octanol–water partition coefficient (Wildman–Crippen LogP) is 3.93. The van der Waals surface area contributed by atoms with Crippen molar-refractivity contribution in [2.24, 2.45) is 11.8 Å². The van der Waals surface area contributed by atoms with Crippen LogP contribution < -0.4 is 14.2 Å². The van der Waals surface area contributed by atoms with Gasteiger partial charge in [-0.2, -0.15) is 0 Å². The molecule has 0 amide bonds. The first-order chi connectivity index (χ1) is 15.4. The zero-order valence-corrected chi connectivity index (χ0v) is 19.3. The largest absolute Gasteiger partial charge is 0.493 e. The highest BCUT2D eigenvalue weighted by atomic mass is 16.5. The van der Waals surface area contributed by atoms with Gasteiger partial charge in [0.05, 0.1) is 35.5 Å². The summed E-state index contributed by atoms with van der Waals surface area (Å²) >= 11 is 0. The Morgan fingerprint density at radius 2 is 1.47 bits per heavy atom. The lowest BCUT2D eigenvalue weighted by molar-refractivity contribution is -0.159. The van der Waals surface area contributed by atoms with Gasteiger partial charge in [-0.25, -0.2) is 0 Å². The fraction of sp³-hybridized carbons (Fsp3) is 0.440. The second-order valence-electron chi connectivity index (χ2n) is 7.84. The van der Waals surface area contributed by atoms with E-state index in [0.29, 0.717) is 17.2 Å². The quantitative estimate of drug-likeness (QED) is 0.453. The van der Waals surface area contributed by atoms with Crippen molar-refractivity contribution in [3.63, 3.8) is 0 Å². The number of fused-ring (bicyclic) bond motifs is 1. The molecular formula is C25H30O7. The third kappa shape index (κ3) is 3.99. The third-order valence-electron chi connectivity index (χ3n) is 6.39. The minimum absolute atomic E-state index is 0.0260. The van der Waals surface area contributed by atoms with Crippen LogP contribution in [0.25, 0.3) is 0 Å². The molecule has 2 aromatic rings. The summed E-state index contributed by atoms with van der Waals surface area (Å²) in [5.74, 6) is -0.732. The molecule has 7 heteroatoms. The Bertz CT molecular complexity index is 954. The molecule has 0 fully saturated rings. The first kappa shape index (κ1) is 23.4. The van der Waals surface area contributed by atoms with Crippen molar-refractivity contribution in [1.29, 1.82) is 0 Å². The number of hydrogen-bond acceptors (Lipinski definition) is 7. The molecule has 0 aliphatic heterocycles. The number of hydrogen-bond donors (Lipinski definition) is 0. The van der Waals surface area contributed by atoms with E-state index in [9.17, 15) is 9.59 Å². The molecule has 1 aliphatic rings. The Labute approximate surface area is 188 Å². The SMILES string of the molecule is COC(=O)C(CC1c2cc(OC)c(OC)c(OC)c2C(c2ccccc2)C1C)C(=O)OC. The summed E-state index contributed by atoms with van der Waals surface area (Å²) in [5, 5.41) is 0. The van der Waals surface area contributed by atoms with Crippen LogP contribution in [-0.4, -0.2) is 47.5 Å². The van der Waals surface area contributed by atoms with Crippen LogP contribution >= 0.6 is 0 Å². The highest BCUT2D eigenvalue weighted by molar-refractivity contribution is 5.95. The zero-order valence-electron chi connectivity index (χ0n) is 19.3. The molecule has 0 saturated heterocycles. The minimum atomic E-state index is -1.03. The van der Waals surface area contributed by atoms with Crippen molar-refractivity contribution in [2.75, 3.05) is 35.5 Å². The first-order valence-electron chi connectivity index (χ1n) is 10.5. The van der Waals surface area contributed by atoms with E-state index in [2.05, 4.69) is 19.1 Å². The summed E-state index contributed by atoms with van der Waals surface area (Å²) in [6.07, 6.45) is 0.246. The van der Waals surface area contributed by atoms with Crippen molar-refractivity contribution in [3.8, 4) is 17.2 Å². The van der Waals surface area contributed by atoms with Gasteiger partial charge >= 0.3 is 11.9 Å². The smallest absolute Gasteiger partial charge is 0.320 e. The summed E-state index contributed by atoms with van der Waals surface area (Å²) in [6.45, 7) is 2.12. The predicted molar refractivity (Wildman–Crippen MR) is 118 cm³/mol. The molecule has 1 aliphatic carbocycles. The molecule has 0 aromatic heterocycles. The van der Waals surface area contributed by atoms with Gasteiger partial charge in [0.25, 0.3) is 0 Å². The minimum Gasteiger partial charge on any atom is -0.493 e. The maximum absolute atomic E-state index is 12.4. The number of esters is 2. The van der Waals surface area contributed by atoms with Gasteiger partial charge in [-0.15, -0.1) is 0 Å². The highest BCUT2D eigenvalue weighted by Crippen LogP contribution is 2.59. The van der Waals surface area contributed by atoms with E-state index in [1.165, 1.54) is 14.2 Å². The normalized spacial score (nSPS) is 19.3. The van der Waals surface area contributed by atoms with Crippen LogP contribution in [0.15, 0.2) is 36.4 Å². The van der Waals surface area contributed by atoms with E-state index in [-0.39, 0.29) is 24.2 Å². The van der Waals surface area contributed by atoms with Crippen LogP contribution in [-0.2, 0) is 19.1 Å². The molecule has 0 N–H and O–H groups in total. The summed E-state index contributed by atoms with van der Waals surface area (Å²) < 4.78 is 26.8. The van der Waals surface area contributed by atoms with E-state index in [1.807, 2.05) is 24.3 Å². The Balaban J connectivity index is 2.22. The van der Waals surface area contributed by atoms with Gasteiger partial charge in [0.2, 0.25) is 5.75 Å². The summed E-state index contributed by atoms with van der Waals surface area (Å²) in [6, 6.07) is 12.0. The number of carbonyl (C=O) groups excluding carboxylic acids is 2. The monoisotopic (exact) mass is 442 g/mol. The van der Waals surface area contributed by atoms with Crippen LogP contribution in [0.3, 0.4) is 0 Å². The Kier molecular flexibility index (Phi) is 7.28. The van der Waals surface area contributed by atoms with E-state index in [1.54, 1.807) is 21.3 Å². The molecule has 3 unspecified atom stereocenters. The van der Waals surface area contributed by atoms with Crippen LogP contribution in [0.5, 0.6) is 17.2 Å². The van der Waals surface area contributed by atoms with Crippen molar-refractivity contribution in [3.05, 3.63) is 53.1 Å². The average molecular weight is 443 g/mol. The van der Waals surface area contributed by atoms with Gasteiger partial charge in [0, 0.05) is 11.5 Å². The summed E-state index contributed by atoms with van der Waals surface area (Å²) in [7, 11) is 7.29. The molecule has 3 atom stereocenters. The van der Waals surface area contributed by atoms with Gasteiger partial charge in [-0.3, -0.25) is 9.59 Å². The molecule has 0 radical (unpaired) electrons. The second-order valence-corrected chi connectivity index (χ2v) is 7.84. The Hall–Kier alpha value is -3.22. The molecule has 0 heterocycles. The lowest BCUT2D eigenvalue weighted by Crippen LogP contribution is -2.29. The fourth-order valence-electron chi connectivity index (χ4n) is 4.90. The van der Waals surface area contributed by atoms with Gasteiger partial charge < -0.3 is 23.7 Å². The number of carbonyl (C=O) groups is 2. The van der Waals surface area contributed by atoms with Gasteiger partial charge in [-0.05, 0) is 35.4 Å². The zero-order chi connectivity index (χ0) is 23.4. The Morgan fingerprint density at radius 1 is 0.875 bits per heavy atom. The van der Waals surface area contributed by atoms with E-state index in [4.69, 9.17) is 23.7 Å². The topological polar surface area (TPSA) is 80.3 Å². The molecule has 32 heavy (non-hydrogen) atoms. The lowest BCUT2D eigenvalue weighted by atomic mass is 9.80. The number of benzene rings is 2. The molecule has 7 nitrogen and oxygen atoms in total. The molecule has 172 valence electrons. The van der Waals surface area contributed by atoms with Crippen molar-refractivity contribution < 1.29 is 33.3 Å². The van der Waals surface area contributed by atoms with Crippen LogP contribution in [0.2, 0.25) is 0 Å². The van der Waals surface area contributed by atoms with E-state index < -0.39 is 17.9 Å². The fourth-order valence-corrected chi connectivity index (χ4v) is 4.90. The molecule has 0 bridgehead atoms. The standard InChI is InChI=1S/C25H30O7/c1-14-16(12-18(24(26)31-5)25(27)32-6)17-13-19(28-2)22(29-3)23(30-4)21(17)20(14)15-10-8-7-9-11-15/h7-11,13-14,16,18,20H,12H2,1-6H3. The van der Waals surface area contributed by atoms with Crippen molar-refractivity contribution in [1.82, 2.24) is 0 Å². The van der Waals surface area contributed by atoms with Crippen LogP contribution in [0.4, 0.5) is 0 Å². The van der Waals surface area contributed by atoms with E-state index in [0.717, 1.165) is 16.7 Å². The highest BCUT2D eigenvalue weighted by Gasteiger charge is 2.45. The average Bonchev–Trinajstić information content (AvgIpc) is 3.11. The number of rotatable bonds is 8. The van der Waals surface area contributed by atoms with Crippen molar-refractivity contribution in [2.45, 2.75) is 25.2 Å². The number of ether oxygens (including phenoxy) is 5. The summed E-state index contributed by atoms with van der Waals surface area (Å²) in [5.41, 5.74) is 3.04.